The van der Waals surface area contributed by atoms with Crippen LogP contribution in [0.4, 0.5) is 0 Å². The van der Waals surface area contributed by atoms with Gasteiger partial charge in [0, 0.05) is 5.39 Å². The summed E-state index contributed by atoms with van der Waals surface area (Å²) < 4.78 is 16.8. The molecule has 0 fully saturated rings. The smallest absolute Gasteiger partial charge is 0.260 e. The molecule has 0 saturated carbocycles. The van der Waals surface area contributed by atoms with E-state index in [0.29, 0.717) is 30.4 Å². The highest BCUT2D eigenvalue weighted by molar-refractivity contribution is 5.89. The lowest BCUT2D eigenvalue weighted by Gasteiger charge is -2.16. The molecule has 5 nitrogen and oxygen atoms in total. The molecule has 3 rings (SSSR count). The molecular weight excluding hydrogens is 342 g/mol. The van der Waals surface area contributed by atoms with Crippen molar-refractivity contribution in [3.63, 3.8) is 0 Å². The second kappa shape index (κ2) is 8.94. The van der Waals surface area contributed by atoms with Gasteiger partial charge in [0.25, 0.3) is 5.91 Å². The molecule has 0 aliphatic rings. The Kier molecular flexibility index (Phi) is 6.15. The van der Waals surface area contributed by atoms with E-state index in [1.807, 2.05) is 66.7 Å². The number of rotatable bonds is 8. The Morgan fingerprint density at radius 2 is 1.59 bits per heavy atom. The van der Waals surface area contributed by atoms with Crippen molar-refractivity contribution in [3.8, 4) is 17.2 Å². The second-order valence-corrected chi connectivity index (χ2v) is 6.03. The van der Waals surface area contributed by atoms with Crippen LogP contribution in [-0.4, -0.2) is 32.3 Å². The van der Waals surface area contributed by atoms with Crippen molar-refractivity contribution in [2.24, 2.45) is 0 Å². The Bertz CT molecular complexity index is 904. The number of hydrogen-bond donors (Lipinski definition) is 1. The zero-order chi connectivity index (χ0) is 19.1. The summed E-state index contributed by atoms with van der Waals surface area (Å²) >= 11 is 0. The van der Waals surface area contributed by atoms with Crippen LogP contribution >= 0.6 is 0 Å². The Morgan fingerprint density at radius 1 is 0.926 bits per heavy atom. The standard InChI is InChI=1S/C22H23NO4/c1-16(27-19-13-7-9-17-8-3-4-10-18(17)19)22(24)23-14-15-26-21-12-6-5-11-20(21)25-2/h3-13,16H,14-15H2,1-2H3,(H,23,24)/t16-/m0/s1. The number of carbonyl (C=O) groups excluding carboxylic acids is 1. The topological polar surface area (TPSA) is 56.8 Å². The zero-order valence-corrected chi connectivity index (χ0v) is 15.5. The number of fused-ring (bicyclic) bond motifs is 1. The molecule has 1 N–H and O–H groups in total. The van der Waals surface area contributed by atoms with Gasteiger partial charge >= 0.3 is 0 Å². The number of ether oxygens (including phenoxy) is 3. The van der Waals surface area contributed by atoms with Gasteiger partial charge in [0.05, 0.1) is 13.7 Å². The summed E-state index contributed by atoms with van der Waals surface area (Å²) in [5, 5.41) is 4.89. The monoisotopic (exact) mass is 365 g/mol. The molecule has 0 spiro atoms. The zero-order valence-electron chi connectivity index (χ0n) is 15.5. The van der Waals surface area contributed by atoms with Crippen molar-refractivity contribution >= 4 is 16.7 Å². The lowest BCUT2D eigenvalue weighted by molar-refractivity contribution is -0.127. The van der Waals surface area contributed by atoms with Crippen LogP contribution in [0.15, 0.2) is 66.7 Å². The SMILES string of the molecule is COc1ccccc1OCCNC(=O)[C@H](C)Oc1cccc2ccccc12. The maximum atomic E-state index is 12.3. The average Bonchev–Trinajstić information content (AvgIpc) is 2.71. The first kappa shape index (κ1) is 18.6. The van der Waals surface area contributed by atoms with E-state index < -0.39 is 6.10 Å². The third-order valence-corrected chi connectivity index (χ3v) is 4.15. The number of hydrogen-bond acceptors (Lipinski definition) is 4. The highest BCUT2D eigenvalue weighted by atomic mass is 16.5. The van der Waals surface area contributed by atoms with Crippen LogP contribution in [0.5, 0.6) is 17.2 Å². The molecule has 0 heterocycles. The van der Waals surface area contributed by atoms with E-state index in [-0.39, 0.29) is 5.91 Å². The number of para-hydroxylation sites is 2. The number of nitrogens with one attached hydrogen (secondary N) is 1. The molecule has 3 aromatic rings. The van der Waals surface area contributed by atoms with Crippen molar-refractivity contribution in [2.75, 3.05) is 20.3 Å². The Hall–Kier alpha value is -3.21. The molecule has 0 aliphatic carbocycles. The summed E-state index contributed by atoms with van der Waals surface area (Å²) in [6.45, 7) is 2.45. The molecule has 0 bridgehead atoms. The molecule has 3 aromatic carbocycles. The minimum absolute atomic E-state index is 0.188. The minimum Gasteiger partial charge on any atom is -0.493 e. The fourth-order valence-electron chi connectivity index (χ4n) is 2.76. The average molecular weight is 365 g/mol. The Morgan fingerprint density at radius 3 is 2.41 bits per heavy atom. The van der Waals surface area contributed by atoms with Crippen LogP contribution in [0.3, 0.4) is 0 Å². The quantitative estimate of drug-likeness (QED) is 0.617. The molecule has 0 saturated heterocycles. The number of carbonyl (C=O) groups is 1. The normalized spacial score (nSPS) is 11.6. The third-order valence-electron chi connectivity index (χ3n) is 4.15. The van der Waals surface area contributed by atoms with Gasteiger partial charge in [-0.25, -0.2) is 0 Å². The summed E-state index contributed by atoms with van der Waals surface area (Å²) in [7, 11) is 1.59. The van der Waals surface area contributed by atoms with Crippen LogP contribution in [-0.2, 0) is 4.79 Å². The molecule has 140 valence electrons. The lowest BCUT2D eigenvalue weighted by atomic mass is 10.1. The fourth-order valence-corrected chi connectivity index (χ4v) is 2.76. The van der Waals surface area contributed by atoms with E-state index >= 15 is 0 Å². The van der Waals surface area contributed by atoms with Crippen molar-refractivity contribution in [3.05, 3.63) is 66.7 Å². The molecule has 0 aromatic heterocycles. The first-order valence-corrected chi connectivity index (χ1v) is 8.87. The summed E-state index contributed by atoms with van der Waals surface area (Å²) in [4.78, 5) is 12.3. The molecule has 0 radical (unpaired) electrons. The number of amides is 1. The molecule has 0 aliphatic heterocycles. The van der Waals surface area contributed by atoms with Gasteiger partial charge < -0.3 is 19.5 Å². The van der Waals surface area contributed by atoms with E-state index in [4.69, 9.17) is 14.2 Å². The van der Waals surface area contributed by atoms with Gasteiger partial charge in [0.2, 0.25) is 0 Å². The van der Waals surface area contributed by atoms with E-state index in [9.17, 15) is 4.79 Å². The summed E-state index contributed by atoms with van der Waals surface area (Å²) in [5.74, 6) is 1.82. The largest absolute Gasteiger partial charge is 0.493 e. The molecule has 5 heteroatoms. The third kappa shape index (κ3) is 4.70. The molecule has 27 heavy (non-hydrogen) atoms. The van der Waals surface area contributed by atoms with Crippen LogP contribution in [0.25, 0.3) is 10.8 Å². The molecule has 0 unspecified atom stereocenters. The van der Waals surface area contributed by atoms with Crippen LogP contribution in [0.2, 0.25) is 0 Å². The van der Waals surface area contributed by atoms with E-state index in [1.165, 1.54) is 0 Å². The van der Waals surface area contributed by atoms with Gasteiger partial charge in [-0.3, -0.25) is 4.79 Å². The predicted molar refractivity (Wildman–Crippen MR) is 106 cm³/mol. The highest BCUT2D eigenvalue weighted by Crippen LogP contribution is 2.26. The van der Waals surface area contributed by atoms with Gasteiger partial charge in [-0.15, -0.1) is 0 Å². The van der Waals surface area contributed by atoms with Gasteiger partial charge in [0.1, 0.15) is 12.4 Å². The predicted octanol–water partition coefficient (Wildman–Crippen LogP) is 3.81. The summed E-state index contributed by atoms with van der Waals surface area (Å²) in [5.41, 5.74) is 0. The van der Waals surface area contributed by atoms with Crippen LogP contribution in [0, 0.1) is 0 Å². The maximum absolute atomic E-state index is 12.3. The van der Waals surface area contributed by atoms with Crippen LogP contribution < -0.4 is 19.5 Å². The molecule has 1 amide bonds. The van der Waals surface area contributed by atoms with E-state index in [0.717, 1.165) is 10.8 Å². The first-order chi connectivity index (χ1) is 13.2. The maximum Gasteiger partial charge on any atom is 0.260 e. The number of benzene rings is 3. The highest BCUT2D eigenvalue weighted by Gasteiger charge is 2.15. The van der Waals surface area contributed by atoms with Crippen molar-refractivity contribution in [2.45, 2.75) is 13.0 Å². The minimum atomic E-state index is -0.609. The van der Waals surface area contributed by atoms with Crippen molar-refractivity contribution < 1.29 is 19.0 Å². The van der Waals surface area contributed by atoms with Crippen molar-refractivity contribution in [1.29, 1.82) is 0 Å². The fraction of sp³-hybridized carbons (Fsp3) is 0.227. The van der Waals surface area contributed by atoms with Gasteiger partial charge in [-0.2, -0.15) is 0 Å². The Labute approximate surface area is 158 Å². The number of methoxy groups -OCH3 is 1. The summed E-state index contributed by atoms with van der Waals surface area (Å²) in [6, 6.07) is 21.1. The molecule has 1 atom stereocenters. The lowest BCUT2D eigenvalue weighted by Crippen LogP contribution is -2.38. The van der Waals surface area contributed by atoms with Gasteiger partial charge in [-0.05, 0) is 30.5 Å². The Balaban J connectivity index is 1.50. The molecular formula is C22H23NO4. The van der Waals surface area contributed by atoms with Crippen molar-refractivity contribution in [1.82, 2.24) is 5.32 Å². The van der Waals surface area contributed by atoms with Gasteiger partial charge in [-0.1, -0.05) is 48.5 Å². The van der Waals surface area contributed by atoms with Crippen LogP contribution in [0.1, 0.15) is 6.92 Å². The second-order valence-electron chi connectivity index (χ2n) is 6.03. The van der Waals surface area contributed by atoms with E-state index in [1.54, 1.807) is 14.0 Å². The summed E-state index contributed by atoms with van der Waals surface area (Å²) in [6.07, 6.45) is -0.609. The van der Waals surface area contributed by atoms with Gasteiger partial charge in [0.15, 0.2) is 17.6 Å². The first-order valence-electron chi connectivity index (χ1n) is 8.87. The van der Waals surface area contributed by atoms with E-state index in [2.05, 4.69) is 5.32 Å².